The van der Waals surface area contributed by atoms with E-state index >= 15 is 0 Å². The van der Waals surface area contributed by atoms with E-state index in [0.29, 0.717) is 23.9 Å². The molecule has 6 heteroatoms. The molecule has 22 heavy (non-hydrogen) atoms. The Balaban J connectivity index is 2.13. The molecular formula is C16H19N3O3. The van der Waals surface area contributed by atoms with Gasteiger partial charge in [-0.15, -0.1) is 0 Å². The minimum Gasteiger partial charge on any atom is -0.488 e. The third-order valence-electron chi connectivity index (χ3n) is 2.80. The van der Waals surface area contributed by atoms with Crippen molar-refractivity contribution in [3.05, 3.63) is 47.9 Å². The molecule has 116 valence electrons. The lowest BCUT2D eigenvalue weighted by atomic mass is 10.2. The summed E-state index contributed by atoms with van der Waals surface area (Å²) in [6.45, 7) is 4.18. The van der Waals surface area contributed by atoms with Gasteiger partial charge < -0.3 is 14.8 Å². The third kappa shape index (κ3) is 4.53. The second-order valence-electron chi connectivity index (χ2n) is 4.88. The van der Waals surface area contributed by atoms with E-state index in [-0.39, 0.29) is 17.7 Å². The number of nitrogens with zero attached hydrogens (tertiary/aromatic N) is 2. The third-order valence-corrected chi connectivity index (χ3v) is 2.80. The van der Waals surface area contributed by atoms with E-state index in [0.717, 1.165) is 0 Å². The number of carbonyl (C=O) groups is 1. The average molecular weight is 301 g/mol. The van der Waals surface area contributed by atoms with Gasteiger partial charge in [0, 0.05) is 31.1 Å². The molecule has 0 aliphatic rings. The number of hydrogen-bond donors (Lipinski definition) is 1. The Morgan fingerprint density at radius 1 is 1.36 bits per heavy atom. The van der Waals surface area contributed by atoms with Gasteiger partial charge in [0.05, 0.1) is 6.61 Å². The zero-order valence-corrected chi connectivity index (χ0v) is 12.9. The van der Waals surface area contributed by atoms with E-state index in [1.165, 1.54) is 0 Å². The molecule has 1 N–H and O–H groups in total. The van der Waals surface area contributed by atoms with Crippen molar-refractivity contribution >= 4 is 11.7 Å². The van der Waals surface area contributed by atoms with Crippen LogP contribution in [-0.2, 0) is 4.74 Å². The summed E-state index contributed by atoms with van der Waals surface area (Å²) in [6.07, 6.45) is 1.50. The Kier molecular flexibility index (Phi) is 5.43. The van der Waals surface area contributed by atoms with Gasteiger partial charge in [0.1, 0.15) is 23.4 Å². The van der Waals surface area contributed by atoms with Crippen LogP contribution in [0.1, 0.15) is 23.1 Å². The van der Waals surface area contributed by atoms with Gasteiger partial charge in [-0.25, -0.2) is 9.97 Å². The van der Waals surface area contributed by atoms with Gasteiger partial charge in [-0.1, -0.05) is 6.07 Å². The van der Waals surface area contributed by atoms with Crippen LogP contribution in [-0.4, -0.2) is 35.7 Å². The topological polar surface area (TPSA) is 73.3 Å². The van der Waals surface area contributed by atoms with Crippen LogP contribution < -0.4 is 10.1 Å². The molecule has 0 aromatic carbocycles. The smallest absolute Gasteiger partial charge is 0.275 e. The quantitative estimate of drug-likeness (QED) is 0.887. The van der Waals surface area contributed by atoms with Crippen LogP contribution in [0, 0.1) is 6.92 Å². The average Bonchev–Trinajstić information content (AvgIpc) is 2.47. The Morgan fingerprint density at radius 3 is 2.86 bits per heavy atom. The number of methoxy groups -OCH3 is 1. The predicted octanol–water partition coefficient (Wildman–Crippen LogP) is 2.45. The summed E-state index contributed by atoms with van der Waals surface area (Å²) in [5.74, 6) is 0.737. The van der Waals surface area contributed by atoms with Crippen LogP contribution in [0.2, 0.25) is 0 Å². The molecule has 0 fully saturated rings. The predicted molar refractivity (Wildman–Crippen MR) is 83.1 cm³/mol. The van der Waals surface area contributed by atoms with Crippen molar-refractivity contribution < 1.29 is 14.3 Å². The maximum atomic E-state index is 12.2. The highest BCUT2D eigenvalue weighted by molar-refractivity contribution is 6.02. The van der Waals surface area contributed by atoms with Gasteiger partial charge in [0.2, 0.25) is 0 Å². The molecule has 0 aliphatic heterocycles. The van der Waals surface area contributed by atoms with E-state index in [9.17, 15) is 4.79 Å². The minimum absolute atomic E-state index is 0.112. The molecule has 0 bridgehead atoms. The molecule has 1 atom stereocenters. The standard InChI is InChI=1S/C16H19N3O3/c1-11-8-13(22-12(2)10-21-3)9-14(18-11)16(20)19-15-6-4-5-7-17-15/h4-9,12H,10H2,1-3H3,(H,17,19,20)/t12-/m1/s1. The summed E-state index contributed by atoms with van der Waals surface area (Å²) in [5, 5.41) is 2.70. The van der Waals surface area contributed by atoms with Gasteiger partial charge in [-0.05, 0) is 26.0 Å². The van der Waals surface area contributed by atoms with E-state index in [2.05, 4.69) is 15.3 Å². The first-order chi connectivity index (χ1) is 10.6. The fraction of sp³-hybridized carbons (Fsp3) is 0.312. The SMILES string of the molecule is COC[C@@H](C)Oc1cc(C)nc(C(=O)Nc2ccccn2)c1. The molecule has 2 aromatic heterocycles. The van der Waals surface area contributed by atoms with Crippen LogP contribution in [0.4, 0.5) is 5.82 Å². The van der Waals surface area contributed by atoms with Crippen molar-refractivity contribution in [2.45, 2.75) is 20.0 Å². The maximum absolute atomic E-state index is 12.2. The van der Waals surface area contributed by atoms with Crippen LogP contribution >= 0.6 is 0 Å². The Hall–Kier alpha value is -2.47. The summed E-state index contributed by atoms with van der Waals surface area (Å²) in [6, 6.07) is 8.68. The van der Waals surface area contributed by atoms with Crippen molar-refractivity contribution in [2.24, 2.45) is 0 Å². The molecule has 0 spiro atoms. The van der Waals surface area contributed by atoms with Crippen molar-refractivity contribution in [3.63, 3.8) is 0 Å². The number of aryl methyl sites for hydroxylation is 1. The minimum atomic E-state index is -0.327. The summed E-state index contributed by atoms with van der Waals surface area (Å²) in [7, 11) is 1.61. The number of pyridine rings is 2. The first-order valence-corrected chi connectivity index (χ1v) is 6.95. The van der Waals surface area contributed by atoms with Gasteiger partial charge in [0.25, 0.3) is 5.91 Å². The zero-order chi connectivity index (χ0) is 15.9. The maximum Gasteiger partial charge on any atom is 0.275 e. The molecular weight excluding hydrogens is 282 g/mol. The van der Waals surface area contributed by atoms with Crippen LogP contribution in [0.25, 0.3) is 0 Å². The van der Waals surface area contributed by atoms with E-state index in [1.54, 1.807) is 43.6 Å². The highest BCUT2D eigenvalue weighted by Gasteiger charge is 2.12. The first kappa shape index (κ1) is 15.9. The van der Waals surface area contributed by atoms with Gasteiger partial charge in [-0.2, -0.15) is 0 Å². The van der Waals surface area contributed by atoms with Gasteiger partial charge in [-0.3, -0.25) is 4.79 Å². The highest BCUT2D eigenvalue weighted by Crippen LogP contribution is 2.16. The normalized spacial score (nSPS) is 11.8. The number of aromatic nitrogens is 2. The Labute approximate surface area is 129 Å². The number of nitrogens with one attached hydrogen (secondary N) is 1. The molecule has 0 unspecified atom stereocenters. The van der Waals surface area contributed by atoms with E-state index in [4.69, 9.17) is 9.47 Å². The molecule has 2 heterocycles. The number of carbonyl (C=O) groups excluding carboxylic acids is 1. The van der Waals surface area contributed by atoms with Crippen molar-refractivity contribution in [2.75, 3.05) is 19.0 Å². The van der Waals surface area contributed by atoms with Crippen molar-refractivity contribution in [1.82, 2.24) is 9.97 Å². The number of amides is 1. The highest BCUT2D eigenvalue weighted by atomic mass is 16.5. The molecule has 2 rings (SSSR count). The van der Waals surface area contributed by atoms with Crippen LogP contribution in [0.15, 0.2) is 36.5 Å². The monoisotopic (exact) mass is 301 g/mol. The summed E-state index contributed by atoms with van der Waals surface area (Å²) < 4.78 is 10.8. The fourth-order valence-corrected chi connectivity index (χ4v) is 1.94. The summed E-state index contributed by atoms with van der Waals surface area (Å²) >= 11 is 0. The molecule has 2 aromatic rings. The Morgan fingerprint density at radius 2 is 2.18 bits per heavy atom. The van der Waals surface area contributed by atoms with Crippen LogP contribution in [0.5, 0.6) is 5.75 Å². The molecule has 0 saturated heterocycles. The van der Waals surface area contributed by atoms with Gasteiger partial charge >= 0.3 is 0 Å². The van der Waals surface area contributed by atoms with E-state index in [1.807, 2.05) is 13.8 Å². The van der Waals surface area contributed by atoms with E-state index < -0.39 is 0 Å². The molecule has 0 radical (unpaired) electrons. The second kappa shape index (κ2) is 7.51. The molecule has 6 nitrogen and oxygen atoms in total. The van der Waals surface area contributed by atoms with Gasteiger partial charge in [0.15, 0.2) is 0 Å². The number of ether oxygens (including phenoxy) is 2. The summed E-state index contributed by atoms with van der Waals surface area (Å²) in [5.41, 5.74) is 0.985. The number of hydrogen-bond acceptors (Lipinski definition) is 5. The lowest BCUT2D eigenvalue weighted by molar-refractivity contribution is 0.0915. The van der Waals surface area contributed by atoms with Crippen molar-refractivity contribution in [1.29, 1.82) is 0 Å². The molecule has 0 saturated carbocycles. The zero-order valence-electron chi connectivity index (χ0n) is 12.9. The second-order valence-corrected chi connectivity index (χ2v) is 4.88. The first-order valence-electron chi connectivity index (χ1n) is 6.95. The van der Waals surface area contributed by atoms with Crippen LogP contribution in [0.3, 0.4) is 0 Å². The largest absolute Gasteiger partial charge is 0.488 e. The van der Waals surface area contributed by atoms with Crippen molar-refractivity contribution in [3.8, 4) is 5.75 Å². The fourth-order valence-electron chi connectivity index (χ4n) is 1.94. The molecule has 0 aliphatic carbocycles. The lowest BCUT2D eigenvalue weighted by Gasteiger charge is -2.14. The number of rotatable bonds is 6. The number of anilines is 1. The Bertz CT molecular complexity index is 632. The molecule has 1 amide bonds. The lowest BCUT2D eigenvalue weighted by Crippen LogP contribution is -2.19. The summed E-state index contributed by atoms with van der Waals surface area (Å²) in [4.78, 5) is 20.5.